The van der Waals surface area contributed by atoms with E-state index in [9.17, 15) is 9.59 Å². The zero-order valence-electron chi connectivity index (χ0n) is 15.7. The van der Waals surface area contributed by atoms with Crippen LogP contribution >= 0.6 is 0 Å². The molecule has 1 aliphatic heterocycles. The van der Waals surface area contributed by atoms with Crippen molar-refractivity contribution in [2.45, 2.75) is 71.3 Å². The van der Waals surface area contributed by atoms with Crippen LogP contribution in [-0.2, 0) is 9.59 Å². The number of hydrogen-bond acceptors (Lipinski definition) is 2. The van der Waals surface area contributed by atoms with E-state index in [0.29, 0.717) is 24.8 Å². The molecule has 1 heterocycles. The lowest BCUT2D eigenvalue weighted by Crippen LogP contribution is -2.49. The third-order valence-electron chi connectivity index (χ3n) is 5.78. The van der Waals surface area contributed by atoms with Crippen molar-refractivity contribution in [3.8, 4) is 0 Å². The Hall–Kier alpha value is -1.84. The fourth-order valence-electron chi connectivity index (χ4n) is 3.99. The minimum absolute atomic E-state index is 0.0542. The highest BCUT2D eigenvalue weighted by molar-refractivity contribution is 6.13. The molecule has 3 rings (SSSR count). The predicted octanol–water partition coefficient (Wildman–Crippen LogP) is 4.32. The van der Waals surface area contributed by atoms with Crippen LogP contribution < -0.4 is 5.32 Å². The second-order valence-corrected chi connectivity index (χ2v) is 7.83. The van der Waals surface area contributed by atoms with Crippen molar-refractivity contribution >= 4 is 17.5 Å². The topological polar surface area (TPSA) is 49.4 Å². The summed E-state index contributed by atoms with van der Waals surface area (Å²) in [6.07, 6.45) is 5.62. The SMILES string of the molecule is CCC1CCCCN1C(=O)C1(C(=O)Nc2ccccc2C(C)C)CC1. The molecule has 25 heavy (non-hydrogen) atoms. The molecule has 0 aromatic heterocycles. The Balaban J connectivity index is 1.77. The molecule has 1 aromatic carbocycles. The van der Waals surface area contributed by atoms with Gasteiger partial charge >= 0.3 is 0 Å². The average molecular weight is 342 g/mol. The summed E-state index contributed by atoms with van der Waals surface area (Å²) in [5.74, 6) is 0.263. The summed E-state index contributed by atoms with van der Waals surface area (Å²) in [5, 5.41) is 3.06. The molecule has 0 radical (unpaired) electrons. The van der Waals surface area contributed by atoms with Gasteiger partial charge in [-0.1, -0.05) is 39.0 Å². The van der Waals surface area contributed by atoms with Gasteiger partial charge in [-0.3, -0.25) is 9.59 Å². The number of hydrogen-bond donors (Lipinski definition) is 1. The molecule has 1 atom stereocenters. The number of likely N-dealkylation sites (tertiary alicyclic amines) is 1. The predicted molar refractivity (Wildman–Crippen MR) is 100 cm³/mol. The lowest BCUT2D eigenvalue weighted by Gasteiger charge is -2.37. The van der Waals surface area contributed by atoms with Crippen LogP contribution in [-0.4, -0.2) is 29.3 Å². The van der Waals surface area contributed by atoms with Gasteiger partial charge in [0.25, 0.3) is 0 Å². The zero-order valence-corrected chi connectivity index (χ0v) is 15.7. The summed E-state index contributed by atoms with van der Waals surface area (Å²) < 4.78 is 0. The number of piperidine rings is 1. The Morgan fingerprint density at radius 2 is 1.96 bits per heavy atom. The maximum absolute atomic E-state index is 13.2. The maximum Gasteiger partial charge on any atom is 0.240 e. The van der Waals surface area contributed by atoms with Crippen LogP contribution in [0.5, 0.6) is 0 Å². The number of carbonyl (C=O) groups is 2. The van der Waals surface area contributed by atoms with Crippen molar-refractivity contribution < 1.29 is 9.59 Å². The van der Waals surface area contributed by atoms with E-state index in [2.05, 4.69) is 26.1 Å². The van der Waals surface area contributed by atoms with Crippen LogP contribution in [0.3, 0.4) is 0 Å². The van der Waals surface area contributed by atoms with Gasteiger partial charge in [0.1, 0.15) is 5.41 Å². The first-order valence-electron chi connectivity index (χ1n) is 9.71. The van der Waals surface area contributed by atoms with Crippen LogP contribution in [0, 0.1) is 5.41 Å². The highest BCUT2D eigenvalue weighted by Crippen LogP contribution is 2.49. The van der Waals surface area contributed by atoms with E-state index in [1.807, 2.05) is 29.2 Å². The van der Waals surface area contributed by atoms with E-state index in [-0.39, 0.29) is 11.8 Å². The molecule has 1 saturated heterocycles. The van der Waals surface area contributed by atoms with E-state index in [4.69, 9.17) is 0 Å². The molecule has 2 aliphatic rings. The van der Waals surface area contributed by atoms with Gasteiger partial charge in [-0.25, -0.2) is 0 Å². The minimum Gasteiger partial charge on any atom is -0.339 e. The molecule has 1 aliphatic carbocycles. The van der Waals surface area contributed by atoms with Crippen molar-refractivity contribution in [2.24, 2.45) is 5.41 Å². The Labute approximate surface area is 151 Å². The summed E-state index contributed by atoms with van der Waals surface area (Å²) in [5.41, 5.74) is 1.13. The number of amides is 2. The molecular formula is C21H30N2O2. The molecule has 1 unspecified atom stereocenters. The van der Waals surface area contributed by atoms with Crippen molar-refractivity contribution in [1.29, 1.82) is 0 Å². The van der Waals surface area contributed by atoms with Gasteiger partial charge in [-0.15, -0.1) is 0 Å². The average Bonchev–Trinajstić information content (AvgIpc) is 3.43. The second-order valence-electron chi connectivity index (χ2n) is 7.83. The summed E-state index contributed by atoms with van der Waals surface area (Å²) in [6, 6.07) is 8.20. The first-order chi connectivity index (χ1) is 12.0. The molecule has 1 aromatic rings. The van der Waals surface area contributed by atoms with Gasteiger partial charge in [-0.05, 0) is 56.1 Å². The molecule has 0 bridgehead atoms. The molecular weight excluding hydrogens is 312 g/mol. The van der Waals surface area contributed by atoms with Crippen LogP contribution in [0.4, 0.5) is 5.69 Å². The number of rotatable bonds is 5. The van der Waals surface area contributed by atoms with E-state index in [1.54, 1.807) is 0 Å². The molecule has 2 amide bonds. The third kappa shape index (κ3) is 3.44. The van der Waals surface area contributed by atoms with E-state index in [1.165, 1.54) is 6.42 Å². The smallest absolute Gasteiger partial charge is 0.240 e. The summed E-state index contributed by atoms with van der Waals surface area (Å²) in [4.78, 5) is 28.1. The maximum atomic E-state index is 13.2. The zero-order chi connectivity index (χ0) is 18.0. The van der Waals surface area contributed by atoms with Crippen LogP contribution in [0.25, 0.3) is 0 Å². The normalized spacial score (nSPS) is 21.9. The van der Waals surface area contributed by atoms with Gasteiger partial charge in [0, 0.05) is 18.3 Å². The molecule has 1 saturated carbocycles. The Kier molecular flexibility index (Phi) is 5.16. The molecule has 2 fully saturated rings. The highest BCUT2D eigenvalue weighted by atomic mass is 16.2. The monoisotopic (exact) mass is 342 g/mol. The quantitative estimate of drug-likeness (QED) is 0.810. The Bertz CT molecular complexity index is 649. The van der Waals surface area contributed by atoms with Gasteiger partial charge in [0.2, 0.25) is 11.8 Å². The van der Waals surface area contributed by atoms with Crippen LogP contribution in [0.1, 0.15) is 70.8 Å². The fraction of sp³-hybridized carbons (Fsp3) is 0.619. The van der Waals surface area contributed by atoms with E-state index < -0.39 is 5.41 Å². The molecule has 4 heteroatoms. The summed E-state index contributed by atoms with van der Waals surface area (Å²) in [6.45, 7) is 7.16. The van der Waals surface area contributed by atoms with Gasteiger partial charge < -0.3 is 10.2 Å². The van der Waals surface area contributed by atoms with E-state index >= 15 is 0 Å². The van der Waals surface area contributed by atoms with Crippen molar-refractivity contribution in [3.05, 3.63) is 29.8 Å². The van der Waals surface area contributed by atoms with Crippen LogP contribution in [0.2, 0.25) is 0 Å². The number of anilines is 1. The number of nitrogens with one attached hydrogen (secondary N) is 1. The third-order valence-corrected chi connectivity index (χ3v) is 5.78. The number of para-hydroxylation sites is 1. The Morgan fingerprint density at radius 1 is 1.24 bits per heavy atom. The molecule has 1 N–H and O–H groups in total. The number of benzene rings is 1. The lowest BCUT2D eigenvalue weighted by atomic mass is 9.95. The summed E-state index contributed by atoms with van der Waals surface area (Å²) in [7, 11) is 0. The Morgan fingerprint density at radius 3 is 2.60 bits per heavy atom. The fourth-order valence-corrected chi connectivity index (χ4v) is 3.99. The minimum atomic E-state index is -0.825. The van der Waals surface area contributed by atoms with E-state index in [0.717, 1.165) is 37.1 Å². The molecule has 0 spiro atoms. The molecule has 136 valence electrons. The van der Waals surface area contributed by atoms with Crippen LogP contribution in [0.15, 0.2) is 24.3 Å². The van der Waals surface area contributed by atoms with Gasteiger partial charge in [0.15, 0.2) is 0 Å². The second kappa shape index (κ2) is 7.19. The van der Waals surface area contributed by atoms with Gasteiger partial charge in [0.05, 0.1) is 0 Å². The van der Waals surface area contributed by atoms with Crippen molar-refractivity contribution in [2.75, 3.05) is 11.9 Å². The van der Waals surface area contributed by atoms with Crippen molar-refractivity contribution in [3.63, 3.8) is 0 Å². The largest absolute Gasteiger partial charge is 0.339 e. The standard InChI is InChI=1S/C21H30N2O2/c1-4-16-9-7-8-14-23(16)20(25)21(12-13-21)19(24)22-18-11-6-5-10-17(18)15(2)3/h5-6,10-11,15-16H,4,7-9,12-14H2,1-3H3,(H,22,24). The van der Waals surface area contributed by atoms with Gasteiger partial charge in [-0.2, -0.15) is 0 Å². The number of nitrogens with zero attached hydrogens (tertiary/aromatic N) is 1. The highest BCUT2D eigenvalue weighted by Gasteiger charge is 2.58. The lowest BCUT2D eigenvalue weighted by molar-refractivity contribution is -0.145. The number of carbonyl (C=O) groups excluding carboxylic acids is 2. The first kappa shape index (κ1) is 18.0. The first-order valence-corrected chi connectivity index (χ1v) is 9.71. The van der Waals surface area contributed by atoms with Crippen molar-refractivity contribution in [1.82, 2.24) is 4.90 Å². The molecule has 4 nitrogen and oxygen atoms in total. The summed E-state index contributed by atoms with van der Waals surface area (Å²) >= 11 is 0.